The van der Waals surface area contributed by atoms with Gasteiger partial charge < -0.3 is 10.5 Å². The van der Waals surface area contributed by atoms with Crippen molar-refractivity contribution in [2.24, 2.45) is 5.73 Å². The van der Waals surface area contributed by atoms with Crippen LogP contribution in [0.2, 0.25) is 0 Å². The number of nitriles is 1. The molecule has 0 saturated heterocycles. The van der Waals surface area contributed by atoms with E-state index in [1.54, 1.807) is 0 Å². The summed E-state index contributed by atoms with van der Waals surface area (Å²) in [4.78, 5) is 10.2. The highest BCUT2D eigenvalue weighted by Crippen LogP contribution is 2.31. The Labute approximate surface area is 86.0 Å². The number of nitro groups is 1. The van der Waals surface area contributed by atoms with Crippen LogP contribution in [0, 0.1) is 21.4 Å². The molecular weight excluding hydrogens is 198 g/mol. The Morgan fingerprint density at radius 3 is 2.73 bits per heavy atom. The predicted octanol–water partition coefficient (Wildman–Crippen LogP) is 0.934. The minimum Gasteiger partial charge on any atom is -0.490 e. The summed E-state index contributed by atoms with van der Waals surface area (Å²) in [5.41, 5.74) is 5.76. The van der Waals surface area contributed by atoms with Crippen LogP contribution in [-0.2, 0) is 6.54 Å². The van der Waals surface area contributed by atoms with E-state index in [0.717, 1.165) is 0 Å². The SMILES string of the molecule is COc1cc(C#N)cc(CN)c1[N+](=O)[O-]. The first-order chi connectivity index (χ1) is 7.13. The van der Waals surface area contributed by atoms with Gasteiger partial charge in [-0.15, -0.1) is 0 Å². The average Bonchev–Trinajstić information content (AvgIpc) is 2.26. The third-order valence-corrected chi connectivity index (χ3v) is 1.91. The normalized spacial score (nSPS) is 9.40. The van der Waals surface area contributed by atoms with E-state index in [2.05, 4.69) is 0 Å². The molecule has 78 valence electrons. The lowest BCUT2D eigenvalue weighted by atomic mass is 10.1. The summed E-state index contributed by atoms with van der Waals surface area (Å²) in [7, 11) is 1.31. The second kappa shape index (κ2) is 4.39. The summed E-state index contributed by atoms with van der Waals surface area (Å²) >= 11 is 0. The maximum absolute atomic E-state index is 10.7. The number of nitrogens with two attached hydrogens (primary N) is 1. The highest BCUT2D eigenvalue weighted by molar-refractivity contribution is 5.57. The topological polar surface area (TPSA) is 102 Å². The molecule has 0 aromatic heterocycles. The summed E-state index contributed by atoms with van der Waals surface area (Å²) < 4.78 is 4.84. The second-order valence-electron chi connectivity index (χ2n) is 2.76. The first-order valence-electron chi connectivity index (χ1n) is 4.09. The van der Waals surface area contributed by atoms with Crippen molar-refractivity contribution in [3.63, 3.8) is 0 Å². The molecule has 0 fully saturated rings. The minimum absolute atomic E-state index is 0.0117. The van der Waals surface area contributed by atoms with Gasteiger partial charge in [-0.1, -0.05) is 0 Å². The zero-order valence-corrected chi connectivity index (χ0v) is 8.06. The van der Waals surface area contributed by atoms with E-state index in [4.69, 9.17) is 15.7 Å². The molecule has 0 aliphatic carbocycles. The molecule has 0 radical (unpaired) electrons. The van der Waals surface area contributed by atoms with E-state index >= 15 is 0 Å². The fraction of sp³-hybridized carbons (Fsp3) is 0.222. The lowest BCUT2D eigenvalue weighted by molar-refractivity contribution is -0.386. The van der Waals surface area contributed by atoms with E-state index in [0.29, 0.717) is 0 Å². The highest BCUT2D eigenvalue weighted by atomic mass is 16.6. The van der Waals surface area contributed by atoms with Crippen molar-refractivity contribution in [2.45, 2.75) is 6.54 Å². The number of hydrogen-bond donors (Lipinski definition) is 1. The third kappa shape index (κ3) is 2.03. The molecule has 0 aliphatic heterocycles. The molecule has 6 heteroatoms. The number of hydrogen-bond acceptors (Lipinski definition) is 5. The van der Waals surface area contributed by atoms with Crippen molar-refractivity contribution in [3.8, 4) is 11.8 Å². The second-order valence-corrected chi connectivity index (χ2v) is 2.76. The van der Waals surface area contributed by atoms with Crippen LogP contribution < -0.4 is 10.5 Å². The Balaban J connectivity index is 3.48. The molecule has 0 heterocycles. The van der Waals surface area contributed by atoms with Gasteiger partial charge in [0.05, 0.1) is 23.7 Å². The Bertz CT molecular complexity index is 412. The van der Waals surface area contributed by atoms with Crippen LogP contribution in [-0.4, -0.2) is 12.0 Å². The van der Waals surface area contributed by atoms with Crippen LogP contribution in [0.15, 0.2) is 12.1 Å². The molecule has 15 heavy (non-hydrogen) atoms. The number of nitro benzene ring substituents is 1. The monoisotopic (exact) mass is 207 g/mol. The average molecular weight is 207 g/mol. The smallest absolute Gasteiger partial charge is 0.315 e. The van der Waals surface area contributed by atoms with Crippen LogP contribution in [0.4, 0.5) is 5.69 Å². The molecule has 0 unspecified atom stereocenters. The Kier molecular flexibility index (Phi) is 3.21. The zero-order valence-electron chi connectivity index (χ0n) is 8.06. The number of benzene rings is 1. The molecule has 0 aliphatic rings. The molecule has 6 nitrogen and oxygen atoms in total. The lowest BCUT2D eigenvalue weighted by Crippen LogP contribution is -2.04. The van der Waals surface area contributed by atoms with Crippen LogP contribution in [0.3, 0.4) is 0 Å². The van der Waals surface area contributed by atoms with E-state index in [9.17, 15) is 10.1 Å². The summed E-state index contributed by atoms with van der Waals surface area (Å²) in [5.74, 6) is 0.0551. The Morgan fingerprint density at radius 1 is 1.67 bits per heavy atom. The standard InChI is InChI=1S/C9H9N3O3/c1-15-8-3-6(4-10)2-7(5-11)9(8)12(13)14/h2-3H,5,11H2,1H3. The van der Waals surface area contributed by atoms with Crippen LogP contribution in [0.5, 0.6) is 5.75 Å². The summed E-state index contributed by atoms with van der Waals surface area (Å²) in [5, 5.41) is 19.4. The Morgan fingerprint density at radius 2 is 2.33 bits per heavy atom. The minimum atomic E-state index is -0.567. The summed E-state index contributed by atoms with van der Waals surface area (Å²) in [6.45, 7) is -0.0117. The lowest BCUT2D eigenvalue weighted by Gasteiger charge is -2.05. The molecule has 2 N–H and O–H groups in total. The molecule has 1 rings (SSSR count). The van der Waals surface area contributed by atoms with E-state index < -0.39 is 4.92 Å². The van der Waals surface area contributed by atoms with Crippen LogP contribution >= 0.6 is 0 Å². The van der Waals surface area contributed by atoms with Gasteiger partial charge in [-0.2, -0.15) is 5.26 Å². The maximum Gasteiger partial charge on any atom is 0.315 e. The molecule has 0 atom stereocenters. The number of nitrogens with zero attached hydrogens (tertiary/aromatic N) is 2. The quantitative estimate of drug-likeness (QED) is 0.586. The molecule has 0 spiro atoms. The molecular formula is C9H9N3O3. The molecule has 0 amide bonds. The van der Waals surface area contributed by atoms with Gasteiger partial charge in [0.2, 0.25) is 0 Å². The third-order valence-electron chi connectivity index (χ3n) is 1.91. The fourth-order valence-corrected chi connectivity index (χ4v) is 1.25. The van der Waals surface area contributed by atoms with Crippen molar-refractivity contribution >= 4 is 5.69 Å². The zero-order chi connectivity index (χ0) is 11.4. The van der Waals surface area contributed by atoms with Crippen molar-refractivity contribution in [1.82, 2.24) is 0 Å². The van der Waals surface area contributed by atoms with E-state index in [-0.39, 0.29) is 29.1 Å². The molecule has 1 aromatic rings. The number of methoxy groups -OCH3 is 1. The van der Waals surface area contributed by atoms with Gasteiger partial charge in [0.25, 0.3) is 0 Å². The molecule has 1 aromatic carbocycles. The van der Waals surface area contributed by atoms with Gasteiger partial charge in [-0.05, 0) is 6.07 Å². The van der Waals surface area contributed by atoms with Crippen molar-refractivity contribution < 1.29 is 9.66 Å². The first kappa shape index (κ1) is 10.9. The first-order valence-corrected chi connectivity index (χ1v) is 4.09. The Hall–Kier alpha value is -2.13. The van der Waals surface area contributed by atoms with Crippen LogP contribution in [0.1, 0.15) is 11.1 Å². The van der Waals surface area contributed by atoms with E-state index in [1.807, 2.05) is 6.07 Å². The fourth-order valence-electron chi connectivity index (χ4n) is 1.25. The van der Waals surface area contributed by atoms with Crippen molar-refractivity contribution in [1.29, 1.82) is 5.26 Å². The summed E-state index contributed by atoms with van der Waals surface area (Å²) in [6.07, 6.45) is 0. The molecule has 0 bridgehead atoms. The summed E-state index contributed by atoms with van der Waals surface area (Å²) in [6, 6.07) is 4.59. The van der Waals surface area contributed by atoms with Crippen molar-refractivity contribution in [2.75, 3.05) is 7.11 Å². The highest BCUT2D eigenvalue weighted by Gasteiger charge is 2.21. The van der Waals surface area contributed by atoms with Gasteiger partial charge in [0.15, 0.2) is 5.75 Å². The van der Waals surface area contributed by atoms with Gasteiger partial charge in [-0.3, -0.25) is 10.1 Å². The number of ether oxygens (including phenoxy) is 1. The molecule has 0 saturated carbocycles. The van der Waals surface area contributed by atoms with Crippen molar-refractivity contribution in [3.05, 3.63) is 33.4 Å². The van der Waals surface area contributed by atoms with Gasteiger partial charge in [0, 0.05) is 18.2 Å². The van der Waals surface area contributed by atoms with Gasteiger partial charge in [-0.25, -0.2) is 0 Å². The maximum atomic E-state index is 10.7. The predicted molar refractivity (Wildman–Crippen MR) is 52.3 cm³/mol. The number of rotatable bonds is 3. The van der Waals surface area contributed by atoms with Gasteiger partial charge >= 0.3 is 5.69 Å². The van der Waals surface area contributed by atoms with E-state index in [1.165, 1.54) is 19.2 Å². The van der Waals surface area contributed by atoms with Crippen LogP contribution in [0.25, 0.3) is 0 Å². The largest absolute Gasteiger partial charge is 0.490 e. The van der Waals surface area contributed by atoms with Gasteiger partial charge in [0.1, 0.15) is 0 Å².